The summed E-state index contributed by atoms with van der Waals surface area (Å²) in [6.45, 7) is 4.01. The molecule has 1 fully saturated rings. The Morgan fingerprint density at radius 3 is 2.71 bits per heavy atom. The number of aromatic nitrogens is 2. The second-order valence-corrected chi connectivity index (χ2v) is 5.05. The van der Waals surface area contributed by atoms with Gasteiger partial charge < -0.3 is 10.5 Å². The van der Waals surface area contributed by atoms with Gasteiger partial charge in [0.2, 0.25) is 11.2 Å². The van der Waals surface area contributed by atoms with Crippen molar-refractivity contribution >= 4 is 17.3 Å². The van der Waals surface area contributed by atoms with Gasteiger partial charge in [0, 0.05) is 0 Å². The molecule has 5 heteroatoms. The largest absolute Gasteiger partial charge is 0.472 e. The normalized spacial score (nSPS) is 24.6. The molecule has 0 amide bonds. The Morgan fingerprint density at radius 2 is 2.00 bits per heavy atom. The van der Waals surface area contributed by atoms with Crippen LogP contribution in [0.4, 0.5) is 5.69 Å². The van der Waals surface area contributed by atoms with Crippen molar-refractivity contribution in [2.75, 3.05) is 5.73 Å². The van der Waals surface area contributed by atoms with Gasteiger partial charge in [-0.3, -0.25) is 0 Å². The van der Waals surface area contributed by atoms with Crippen molar-refractivity contribution in [1.82, 2.24) is 9.97 Å². The third-order valence-electron chi connectivity index (χ3n) is 3.37. The minimum atomic E-state index is 0.190. The van der Waals surface area contributed by atoms with Gasteiger partial charge in [0.25, 0.3) is 0 Å². The van der Waals surface area contributed by atoms with Gasteiger partial charge in [-0.05, 0) is 43.7 Å². The molecule has 1 aromatic rings. The highest BCUT2D eigenvalue weighted by Crippen LogP contribution is 2.30. The first kappa shape index (κ1) is 12.4. The lowest BCUT2D eigenvalue weighted by molar-refractivity contribution is 0.0982. The summed E-state index contributed by atoms with van der Waals surface area (Å²) in [6, 6.07) is 0. The van der Waals surface area contributed by atoms with E-state index in [0.717, 1.165) is 6.42 Å². The molecule has 1 aromatic heterocycles. The molecule has 1 saturated carbocycles. The fourth-order valence-electron chi connectivity index (χ4n) is 2.21. The first-order valence-corrected chi connectivity index (χ1v) is 6.42. The maximum atomic E-state index is 5.91. The number of aryl methyl sites for hydroxylation is 1. The zero-order valence-electron chi connectivity index (χ0n) is 10.2. The van der Waals surface area contributed by atoms with Crippen molar-refractivity contribution in [1.29, 1.82) is 0 Å². The third kappa shape index (κ3) is 2.80. The smallest absolute Gasteiger partial charge is 0.242 e. The van der Waals surface area contributed by atoms with Crippen LogP contribution in [0.25, 0.3) is 0 Å². The summed E-state index contributed by atoms with van der Waals surface area (Å²) in [7, 11) is 0. The summed E-state index contributed by atoms with van der Waals surface area (Å²) in [4.78, 5) is 8.06. The lowest BCUT2D eigenvalue weighted by Crippen LogP contribution is -2.29. The molecule has 4 nitrogen and oxygen atoms in total. The van der Waals surface area contributed by atoms with Crippen molar-refractivity contribution in [3.8, 4) is 5.88 Å². The SMILES string of the molecule is Cc1nc(Cl)nc(OC2CCCCC2C)c1N. The van der Waals surface area contributed by atoms with Gasteiger partial charge in [0.05, 0.1) is 5.69 Å². The van der Waals surface area contributed by atoms with Crippen LogP contribution < -0.4 is 10.5 Å². The van der Waals surface area contributed by atoms with Gasteiger partial charge in [-0.1, -0.05) is 13.3 Å². The van der Waals surface area contributed by atoms with E-state index in [9.17, 15) is 0 Å². The molecular formula is C12H18ClN3O. The molecule has 0 aromatic carbocycles. The molecule has 1 heterocycles. The minimum absolute atomic E-state index is 0.190. The van der Waals surface area contributed by atoms with Gasteiger partial charge in [-0.15, -0.1) is 0 Å². The van der Waals surface area contributed by atoms with Crippen LogP contribution in [0.1, 0.15) is 38.3 Å². The fourth-order valence-corrected chi connectivity index (χ4v) is 2.42. The van der Waals surface area contributed by atoms with Crippen LogP contribution in [0.3, 0.4) is 0 Å². The number of hydrogen-bond donors (Lipinski definition) is 1. The van der Waals surface area contributed by atoms with Crippen molar-refractivity contribution in [2.24, 2.45) is 5.92 Å². The zero-order valence-corrected chi connectivity index (χ0v) is 11.0. The summed E-state index contributed by atoms with van der Waals surface area (Å²) in [5.41, 5.74) is 7.07. The van der Waals surface area contributed by atoms with E-state index in [-0.39, 0.29) is 11.4 Å². The first-order valence-electron chi connectivity index (χ1n) is 6.04. The van der Waals surface area contributed by atoms with E-state index in [1.54, 1.807) is 6.92 Å². The quantitative estimate of drug-likeness (QED) is 0.826. The van der Waals surface area contributed by atoms with E-state index < -0.39 is 0 Å². The van der Waals surface area contributed by atoms with Crippen molar-refractivity contribution < 1.29 is 4.74 Å². The lowest BCUT2D eigenvalue weighted by atomic mass is 9.88. The third-order valence-corrected chi connectivity index (χ3v) is 3.54. The van der Waals surface area contributed by atoms with Gasteiger partial charge in [0.1, 0.15) is 11.8 Å². The average Bonchev–Trinajstić information content (AvgIpc) is 2.28. The number of anilines is 1. The van der Waals surface area contributed by atoms with Gasteiger partial charge >= 0.3 is 0 Å². The fraction of sp³-hybridized carbons (Fsp3) is 0.667. The second-order valence-electron chi connectivity index (χ2n) is 4.71. The van der Waals surface area contributed by atoms with E-state index in [1.165, 1.54) is 19.3 Å². The number of nitrogens with two attached hydrogens (primary N) is 1. The van der Waals surface area contributed by atoms with Crippen LogP contribution in [-0.4, -0.2) is 16.1 Å². The Hall–Kier alpha value is -1.03. The van der Waals surface area contributed by atoms with E-state index in [2.05, 4.69) is 16.9 Å². The lowest BCUT2D eigenvalue weighted by Gasteiger charge is -2.29. The molecule has 0 aliphatic heterocycles. The Balaban J connectivity index is 2.17. The summed E-state index contributed by atoms with van der Waals surface area (Å²) in [6.07, 6.45) is 4.92. The minimum Gasteiger partial charge on any atom is -0.472 e. The van der Waals surface area contributed by atoms with E-state index in [1.807, 2.05) is 0 Å². The summed E-state index contributed by atoms with van der Waals surface area (Å²) >= 11 is 5.82. The topological polar surface area (TPSA) is 61.0 Å². The molecule has 17 heavy (non-hydrogen) atoms. The number of nitrogens with zero attached hydrogens (tertiary/aromatic N) is 2. The molecule has 1 aliphatic carbocycles. The number of hydrogen-bond acceptors (Lipinski definition) is 4. The molecule has 0 spiro atoms. The van der Waals surface area contributed by atoms with Crippen LogP contribution in [0.2, 0.25) is 5.28 Å². The predicted molar refractivity (Wildman–Crippen MR) is 68.2 cm³/mol. The van der Waals surface area contributed by atoms with Gasteiger partial charge in [0.15, 0.2) is 0 Å². The van der Waals surface area contributed by atoms with E-state index in [0.29, 0.717) is 23.2 Å². The Bertz CT molecular complexity index is 411. The van der Waals surface area contributed by atoms with Crippen LogP contribution >= 0.6 is 11.6 Å². The monoisotopic (exact) mass is 255 g/mol. The van der Waals surface area contributed by atoms with Crippen molar-refractivity contribution in [3.05, 3.63) is 11.0 Å². The first-order chi connectivity index (χ1) is 8.08. The molecule has 0 bridgehead atoms. The molecule has 1 aliphatic rings. The number of halogens is 1. The summed E-state index contributed by atoms with van der Waals surface area (Å²) in [5, 5.41) is 0.190. The maximum Gasteiger partial charge on any atom is 0.242 e. The molecule has 94 valence electrons. The Labute approximate surface area is 107 Å². The van der Waals surface area contributed by atoms with Crippen molar-refractivity contribution in [3.63, 3.8) is 0 Å². The standard InChI is InChI=1S/C12H18ClN3O/c1-7-5-3-4-6-9(7)17-11-10(14)8(2)15-12(13)16-11/h7,9H,3-6,14H2,1-2H3. The van der Waals surface area contributed by atoms with Crippen molar-refractivity contribution in [2.45, 2.75) is 45.6 Å². The Morgan fingerprint density at radius 1 is 1.29 bits per heavy atom. The van der Waals surface area contributed by atoms with E-state index in [4.69, 9.17) is 22.1 Å². The molecular weight excluding hydrogens is 238 g/mol. The highest BCUT2D eigenvalue weighted by Gasteiger charge is 2.24. The Kier molecular flexibility index (Phi) is 3.72. The predicted octanol–water partition coefficient (Wildman–Crippen LogP) is 2.98. The second kappa shape index (κ2) is 5.08. The highest BCUT2D eigenvalue weighted by atomic mass is 35.5. The van der Waals surface area contributed by atoms with Crippen LogP contribution in [-0.2, 0) is 0 Å². The van der Waals surface area contributed by atoms with Gasteiger partial charge in [-0.25, -0.2) is 4.98 Å². The maximum absolute atomic E-state index is 5.91. The van der Waals surface area contributed by atoms with Gasteiger partial charge in [-0.2, -0.15) is 4.98 Å². The molecule has 2 atom stereocenters. The summed E-state index contributed by atoms with van der Waals surface area (Å²) in [5.74, 6) is 0.971. The molecule has 0 radical (unpaired) electrons. The molecule has 0 saturated heterocycles. The molecule has 2 rings (SSSR count). The van der Waals surface area contributed by atoms with Crippen LogP contribution in [0.5, 0.6) is 5.88 Å². The highest BCUT2D eigenvalue weighted by molar-refractivity contribution is 6.28. The van der Waals surface area contributed by atoms with Crippen LogP contribution in [0, 0.1) is 12.8 Å². The summed E-state index contributed by atoms with van der Waals surface area (Å²) < 4.78 is 5.90. The molecule has 2 unspecified atom stereocenters. The zero-order chi connectivity index (χ0) is 12.4. The number of rotatable bonds is 2. The van der Waals surface area contributed by atoms with E-state index >= 15 is 0 Å². The number of ether oxygens (including phenoxy) is 1. The molecule has 2 N–H and O–H groups in total. The average molecular weight is 256 g/mol. The number of nitrogen functional groups attached to an aromatic ring is 1. The van der Waals surface area contributed by atoms with Crippen LogP contribution in [0.15, 0.2) is 0 Å².